The van der Waals surface area contributed by atoms with Crippen molar-refractivity contribution in [3.8, 4) is 0 Å². The van der Waals surface area contributed by atoms with Gasteiger partial charge in [-0.15, -0.1) is 0 Å². The van der Waals surface area contributed by atoms with Gasteiger partial charge in [0, 0.05) is 31.0 Å². The Hall–Kier alpha value is -1.78. The summed E-state index contributed by atoms with van der Waals surface area (Å²) in [6.45, 7) is 9.53. The van der Waals surface area contributed by atoms with Gasteiger partial charge in [0.25, 0.3) is 0 Å². The molecule has 1 amide bonds. The van der Waals surface area contributed by atoms with Crippen molar-refractivity contribution in [3.63, 3.8) is 0 Å². The van der Waals surface area contributed by atoms with Crippen LogP contribution in [0.2, 0.25) is 0 Å². The Labute approximate surface area is 115 Å². The molecule has 0 fully saturated rings. The second-order valence-electron chi connectivity index (χ2n) is 4.97. The summed E-state index contributed by atoms with van der Waals surface area (Å²) < 4.78 is 0. The zero-order valence-electron chi connectivity index (χ0n) is 12.2. The first-order valence-electron chi connectivity index (χ1n) is 6.77. The second kappa shape index (κ2) is 7.61. The minimum atomic E-state index is -0.268. The molecule has 19 heavy (non-hydrogen) atoms. The van der Waals surface area contributed by atoms with Crippen molar-refractivity contribution < 1.29 is 4.79 Å². The van der Waals surface area contributed by atoms with Crippen molar-refractivity contribution in [1.82, 2.24) is 10.3 Å². The van der Waals surface area contributed by atoms with Crippen molar-refractivity contribution >= 4 is 17.4 Å². The Balaban J connectivity index is 2.53. The zero-order chi connectivity index (χ0) is 14.3. The van der Waals surface area contributed by atoms with Gasteiger partial charge in [-0.3, -0.25) is 4.79 Å². The Morgan fingerprint density at radius 1 is 1.37 bits per heavy atom. The summed E-state index contributed by atoms with van der Waals surface area (Å²) in [4.78, 5) is 16.0. The van der Waals surface area contributed by atoms with E-state index < -0.39 is 0 Å². The predicted molar refractivity (Wildman–Crippen MR) is 79.3 cm³/mol. The highest BCUT2D eigenvalue weighted by Crippen LogP contribution is 2.12. The van der Waals surface area contributed by atoms with E-state index in [1.54, 1.807) is 6.20 Å². The molecule has 0 saturated heterocycles. The highest BCUT2D eigenvalue weighted by Gasteiger charge is 2.12. The lowest BCUT2D eigenvalue weighted by Gasteiger charge is -2.16. The number of anilines is 2. The van der Waals surface area contributed by atoms with E-state index in [1.165, 1.54) is 0 Å². The number of hydrogen-bond donors (Lipinski definition) is 3. The Bertz CT molecular complexity index is 406. The first-order chi connectivity index (χ1) is 9.02. The van der Waals surface area contributed by atoms with Crippen LogP contribution in [-0.4, -0.2) is 30.0 Å². The SMILES string of the molecule is CCNc1cc(NC(C)C(=O)NCC(C)C)ccn1. The summed E-state index contributed by atoms with van der Waals surface area (Å²) in [6, 6.07) is 3.48. The molecule has 3 N–H and O–H groups in total. The number of carbonyl (C=O) groups excluding carboxylic acids is 1. The number of aromatic nitrogens is 1. The van der Waals surface area contributed by atoms with E-state index in [-0.39, 0.29) is 11.9 Å². The molecule has 0 spiro atoms. The molecule has 0 radical (unpaired) electrons. The van der Waals surface area contributed by atoms with Crippen molar-refractivity contribution in [2.24, 2.45) is 5.92 Å². The topological polar surface area (TPSA) is 66.0 Å². The zero-order valence-corrected chi connectivity index (χ0v) is 12.2. The van der Waals surface area contributed by atoms with Gasteiger partial charge in [-0.25, -0.2) is 4.98 Å². The minimum absolute atomic E-state index is 0.00973. The molecule has 1 aromatic rings. The molecule has 0 aliphatic heterocycles. The maximum absolute atomic E-state index is 11.9. The molecule has 5 nitrogen and oxygen atoms in total. The first-order valence-corrected chi connectivity index (χ1v) is 6.77. The third-order valence-corrected chi connectivity index (χ3v) is 2.58. The number of carbonyl (C=O) groups is 1. The number of pyridine rings is 1. The van der Waals surface area contributed by atoms with Crippen molar-refractivity contribution in [2.45, 2.75) is 33.7 Å². The van der Waals surface area contributed by atoms with E-state index in [1.807, 2.05) is 26.0 Å². The molecule has 0 aliphatic carbocycles. The largest absolute Gasteiger partial charge is 0.374 e. The summed E-state index contributed by atoms with van der Waals surface area (Å²) in [5.41, 5.74) is 0.887. The van der Waals surface area contributed by atoms with Gasteiger partial charge < -0.3 is 16.0 Å². The van der Waals surface area contributed by atoms with Crippen LogP contribution in [0.4, 0.5) is 11.5 Å². The molecule has 1 rings (SSSR count). The number of nitrogens with zero attached hydrogens (tertiary/aromatic N) is 1. The molecule has 5 heteroatoms. The van der Waals surface area contributed by atoms with E-state index in [0.717, 1.165) is 18.1 Å². The lowest BCUT2D eigenvalue weighted by Crippen LogP contribution is -2.39. The molecule has 0 saturated carbocycles. The molecule has 1 unspecified atom stereocenters. The first kappa shape index (κ1) is 15.3. The normalized spacial score (nSPS) is 12.1. The molecule has 0 aromatic carbocycles. The number of rotatable bonds is 7. The van der Waals surface area contributed by atoms with Gasteiger partial charge in [0.1, 0.15) is 11.9 Å². The van der Waals surface area contributed by atoms with E-state index in [9.17, 15) is 4.79 Å². The maximum atomic E-state index is 11.9. The van der Waals surface area contributed by atoms with Crippen LogP contribution in [0.5, 0.6) is 0 Å². The molecule has 1 aromatic heterocycles. The van der Waals surface area contributed by atoms with Gasteiger partial charge in [0.2, 0.25) is 5.91 Å². The molecule has 0 bridgehead atoms. The van der Waals surface area contributed by atoms with Crippen molar-refractivity contribution in [1.29, 1.82) is 0 Å². The molecular weight excluding hydrogens is 240 g/mol. The van der Waals surface area contributed by atoms with Crippen LogP contribution in [0.3, 0.4) is 0 Å². The van der Waals surface area contributed by atoms with Crippen LogP contribution >= 0.6 is 0 Å². The van der Waals surface area contributed by atoms with Crippen LogP contribution in [0, 0.1) is 5.92 Å². The van der Waals surface area contributed by atoms with Crippen molar-refractivity contribution in [2.75, 3.05) is 23.7 Å². The highest BCUT2D eigenvalue weighted by molar-refractivity contribution is 5.84. The lowest BCUT2D eigenvalue weighted by atomic mass is 10.2. The minimum Gasteiger partial charge on any atom is -0.374 e. The van der Waals surface area contributed by atoms with Gasteiger partial charge in [0.05, 0.1) is 0 Å². The fourth-order valence-corrected chi connectivity index (χ4v) is 1.57. The van der Waals surface area contributed by atoms with Crippen LogP contribution in [-0.2, 0) is 4.79 Å². The smallest absolute Gasteiger partial charge is 0.242 e. The summed E-state index contributed by atoms with van der Waals surface area (Å²) in [6.07, 6.45) is 1.72. The maximum Gasteiger partial charge on any atom is 0.242 e. The Kier molecular flexibility index (Phi) is 6.12. The van der Waals surface area contributed by atoms with E-state index >= 15 is 0 Å². The number of hydrogen-bond acceptors (Lipinski definition) is 4. The van der Waals surface area contributed by atoms with E-state index in [2.05, 4.69) is 34.8 Å². The Morgan fingerprint density at radius 3 is 2.74 bits per heavy atom. The fraction of sp³-hybridized carbons (Fsp3) is 0.571. The Morgan fingerprint density at radius 2 is 2.11 bits per heavy atom. The molecule has 106 valence electrons. The second-order valence-corrected chi connectivity index (χ2v) is 4.97. The summed E-state index contributed by atoms with van der Waals surface area (Å²) in [5, 5.41) is 9.22. The average Bonchev–Trinajstić information content (AvgIpc) is 2.36. The fourth-order valence-electron chi connectivity index (χ4n) is 1.57. The third-order valence-electron chi connectivity index (χ3n) is 2.58. The van der Waals surface area contributed by atoms with Gasteiger partial charge >= 0.3 is 0 Å². The van der Waals surface area contributed by atoms with Gasteiger partial charge in [-0.2, -0.15) is 0 Å². The van der Waals surface area contributed by atoms with Gasteiger partial charge in [0.15, 0.2) is 0 Å². The highest BCUT2D eigenvalue weighted by atomic mass is 16.2. The van der Waals surface area contributed by atoms with Gasteiger partial charge in [-0.05, 0) is 25.8 Å². The quantitative estimate of drug-likeness (QED) is 0.705. The monoisotopic (exact) mass is 264 g/mol. The third kappa shape index (κ3) is 5.59. The van der Waals surface area contributed by atoms with Crippen molar-refractivity contribution in [3.05, 3.63) is 18.3 Å². The molecule has 1 heterocycles. The lowest BCUT2D eigenvalue weighted by molar-refractivity contribution is -0.121. The number of nitrogens with one attached hydrogen (secondary N) is 3. The van der Waals surface area contributed by atoms with Crippen LogP contribution in [0.1, 0.15) is 27.7 Å². The van der Waals surface area contributed by atoms with E-state index in [0.29, 0.717) is 12.5 Å². The summed E-state index contributed by atoms with van der Waals surface area (Å²) in [5.74, 6) is 1.27. The molecule has 0 aliphatic rings. The molecular formula is C14H24N4O. The van der Waals surface area contributed by atoms with Crippen LogP contribution < -0.4 is 16.0 Å². The average molecular weight is 264 g/mol. The van der Waals surface area contributed by atoms with E-state index in [4.69, 9.17) is 0 Å². The predicted octanol–water partition coefficient (Wildman–Crippen LogP) is 2.09. The summed E-state index contributed by atoms with van der Waals surface area (Å²) in [7, 11) is 0. The van der Waals surface area contributed by atoms with Crippen LogP contribution in [0.25, 0.3) is 0 Å². The van der Waals surface area contributed by atoms with Gasteiger partial charge in [-0.1, -0.05) is 13.8 Å². The van der Waals surface area contributed by atoms with Crippen LogP contribution in [0.15, 0.2) is 18.3 Å². The summed E-state index contributed by atoms with van der Waals surface area (Å²) >= 11 is 0. The standard InChI is InChI=1S/C14H24N4O/c1-5-15-13-8-12(6-7-16-13)18-11(4)14(19)17-9-10(2)3/h6-8,10-11H,5,9H2,1-4H3,(H,17,19)(H2,15,16,18). The molecule has 1 atom stereocenters. The number of amides is 1.